The van der Waals surface area contributed by atoms with Crippen molar-refractivity contribution in [2.45, 2.75) is 45.4 Å². The summed E-state index contributed by atoms with van der Waals surface area (Å²) in [5.74, 6) is 0.568. The lowest BCUT2D eigenvalue weighted by atomic mass is 10.1. The first-order chi connectivity index (χ1) is 14.7. The van der Waals surface area contributed by atoms with Gasteiger partial charge in [0.2, 0.25) is 12.3 Å². The largest absolute Gasteiger partial charge is 0.508 e. The van der Waals surface area contributed by atoms with Gasteiger partial charge < -0.3 is 19.6 Å². The SMILES string of the molecule is CCCCCCCCNC(=O)Oc1cc(O)cc(-c2cncc(-c3nnco3)c2)c1. The molecule has 30 heavy (non-hydrogen) atoms. The van der Waals surface area contributed by atoms with Crippen molar-refractivity contribution in [2.24, 2.45) is 0 Å². The predicted octanol–water partition coefficient (Wildman–Crippen LogP) is 4.95. The van der Waals surface area contributed by atoms with Crippen molar-refractivity contribution in [2.75, 3.05) is 6.54 Å². The van der Waals surface area contributed by atoms with Crippen molar-refractivity contribution in [3.63, 3.8) is 0 Å². The lowest BCUT2D eigenvalue weighted by molar-refractivity contribution is 0.200. The van der Waals surface area contributed by atoms with E-state index < -0.39 is 6.09 Å². The molecule has 8 nitrogen and oxygen atoms in total. The highest BCUT2D eigenvalue weighted by atomic mass is 16.6. The van der Waals surface area contributed by atoms with Gasteiger partial charge in [0, 0.05) is 30.6 Å². The van der Waals surface area contributed by atoms with Gasteiger partial charge in [0.05, 0.1) is 5.56 Å². The van der Waals surface area contributed by atoms with Gasteiger partial charge in [-0.05, 0) is 30.2 Å². The van der Waals surface area contributed by atoms with Crippen LogP contribution in [0.25, 0.3) is 22.6 Å². The molecule has 0 fully saturated rings. The van der Waals surface area contributed by atoms with Gasteiger partial charge in [0.15, 0.2) is 0 Å². The number of rotatable bonds is 10. The molecule has 2 N–H and O–H groups in total. The number of phenolic OH excluding ortho intramolecular Hbond substituents is 1. The highest BCUT2D eigenvalue weighted by molar-refractivity contribution is 5.74. The molecule has 0 spiro atoms. The van der Waals surface area contributed by atoms with Crippen molar-refractivity contribution in [1.82, 2.24) is 20.5 Å². The van der Waals surface area contributed by atoms with Crippen LogP contribution in [0.3, 0.4) is 0 Å². The van der Waals surface area contributed by atoms with Crippen molar-refractivity contribution >= 4 is 6.09 Å². The minimum atomic E-state index is -0.544. The number of carbonyl (C=O) groups excluding carboxylic acids is 1. The van der Waals surface area contributed by atoms with E-state index in [0.29, 0.717) is 29.1 Å². The van der Waals surface area contributed by atoms with E-state index in [-0.39, 0.29) is 11.5 Å². The first kappa shape index (κ1) is 21.3. The molecule has 0 radical (unpaired) electrons. The molecular formula is C22H26N4O4. The molecule has 0 saturated carbocycles. The first-order valence-electron chi connectivity index (χ1n) is 10.2. The van der Waals surface area contributed by atoms with Crippen LogP contribution < -0.4 is 10.1 Å². The number of pyridine rings is 1. The van der Waals surface area contributed by atoms with E-state index in [9.17, 15) is 9.90 Å². The molecule has 0 aliphatic rings. The molecule has 8 heteroatoms. The van der Waals surface area contributed by atoms with E-state index in [1.54, 1.807) is 30.6 Å². The molecule has 0 bridgehead atoms. The number of carbonyl (C=O) groups is 1. The molecule has 0 aliphatic heterocycles. The van der Waals surface area contributed by atoms with Crippen molar-refractivity contribution in [1.29, 1.82) is 0 Å². The average molecular weight is 410 g/mol. The topological polar surface area (TPSA) is 110 Å². The Balaban J connectivity index is 1.59. The Morgan fingerprint density at radius 1 is 1.03 bits per heavy atom. The standard InChI is InChI=1S/C22H26N4O4/c1-2-3-4-5-6-7-8-24-22(28)30-20-11-16(10-19(27)12-20)17-9-18(14-23-13-17)21-26-25-15-29-21/h9-15,27H,2-8H2,1H3,(H,24,28). The van der Waals surface area contributed by atoms with E-state index >= 15 is 0 Å². The number of nitrogens with one attached hydrogen (secondary N) is 1. The highest BCUT2D eigenvalue weighted by Crippen LogP contribution is 2.30. The first-order valence-corrected chi connectivity index (χ1v) is 10.2. The Kier molecular flexibility index (Phi) is 7.77. The molecule has 158 valence electrons. The van der Waals surface area contributed by atoms with Crippen molar-refractivity contribution in [3.8, 4) is 34.1 Å². The maximum Gasteiger partial charge on any atom is 0.412 e. The van der Waals surface area contributed by atoms with Gasteiger partial charge >= 0.3 is 6.09 Å². The maximum atomic E-state index is 12.1. The Labute approximate surface area is 175 Å². The molecule has 2 aromatic heterocycles. The number of benzene rings is 1. The third-order valence-corrected chi connectivity index (χ3v) is 4.58. The van der Waals surface area contributed by atoms with E-state index in [1.807, 2.05) is 0 Å². The number of ether oxygens (including phenoxy) is 1. The van der Waals surface area contributed by atoms with Crippen molar-refractivity contribution in [3.05, 3.63) is 43.1 Å². The van der Waals surface area contributed by atoms with Crippen LogP contribution in [-0.4, -0.2) is 32.9 Å². The summed E-state index contributed by atoms with van der Waals surface area (Å²) in [7, 11) is 0. The number of hydrogen-bond acceptors (Lipinski definition) is 7. The zero-order valence-corrected chi connectivity index (χ0v) is 17.0. The van der Waals surface area contributed by atoms with Crippen LogP contribution in [0.5, 0.6) is 11.5 Å². The summed E-state index contributed by atoms with van der Waals surface area (Å²) < 4.78 is 10.5. The summed E-state index contributed by atoms with van der Waals surface area (Å²) in [6.45, 7) is 2.75. The number of nitrogens with zero attached hydrogens (tertiary/aromatic N) is 3. The van der Waals surface area contributed by atoms with Gasteiger partial charge in [-0.25, -0.2) is 4.79 Å². The van der Waals surface area contributed by atoms with E-state index in [1.165, 1.54) is 38.1 Å². The van der Waals surface area contributed by atoms with E-state index in [2.05, 4.69) is 27.4 Å². The van der Waals surface area contributed by atoms with Crippen LogP contribution in [-0.2, 0) is 0 Å². The third kappa shape index (κ3) is 6.30. The fourth-order valence-corrected chi connectivity index (χ4v) is 3.06. The summed E-state index contributed by atoms with van der Waals surface area (Å²) in [5, 5.41) is 20.3. The second kappa shape index (κ2) is 10.9. The number of unbranched alkanes of at least 4 members (excludes halogenated alkanes) is 5. The molecule has 0 unspecified atom stereocenters. The summed E-state index contributed by atoms with van der Waals surface area (Å²) in [5.41, 5.74) is 1.99. The van der Waals surface area contributed by atoms with E-state index in [4.69, 9.17) is 9.15 Å². The van der Waals surface area contributed by atoms with Crippen LogP contribution in [0, 0.1) is 0 Å². The molecular weight excluding hydrogens is 384 g/mol. The number of aromatic hydroxyl groups is 1. The zero-order valence-electron chi connectivity index (χ0n) is 17.0. The minimum absolute atomic E-state index is 0.0191. The second-order valence-corrected chi connectivity index (χ2v) is 7.01. The van der Waals surface area contributed by atoms with Gasteiger partial charge in [-0.15, -0.1) is 10.2 Å². The summed E-state index contributed by atoms with van der Waals surface area (Å²) in [4.78, 5) is 16.2. The maximum absolute atomic E-state index is 12.1. The fraction of sp³-hybridized carbons (Fsp3) is 0.364. The van der Waals surface area contributed by atoms with Gasteiger partial charge in [-0.2, -0.15) is 0 Å². The Morgan fingerprint density at radius 2 is 1.83 bits per heavy atom. The number of amides is 1. The zero-order chi connectivity index (χ0) is 21.2. The summed E-state index contributed by atoms with van der Waals surface area (Å²) >= 11 is 0. The van der Waals surface area contributed by atoms with Crippen LogP contribution in [0.15, 0.2) is 47.5 Å². The number of hydrogen-bond donors (Lipinski definition) is 2. The Bertz CT molecular complexity index is 944. The Morgan fingerprint density at radius 3 is 2.63 bits per heavy atom. The van der Waals surface area contributed by atoms with Crippen LogP contribution in [0.4, 0.5) is 4.79 Å². The summed E-state index contributed by atoms with van der Waals surface area (Å²) in [6, 6.07) is 6.43. The monoisotopic (exact) mass is 410 g/mol. The second-order valence-electron chi connectivity index (χ2n) is 7.01. The predicted molar refractivity (Wildman–Crippen MR) is 112 cm³/mol. The average Bonchev–Trinajstić information content (AvgIpc) is 3.28. The molecule has 0 aliphatic carbocycles. The number of aromatic nitrogens is 3. The highest BCUT2D eigenvalue weighted by Gasteiger charge is 2.11. The molecule has 1 amide bonds. The van der Waals surface area contributed by atoms with Gasteiger partial charge in [0.25, 0.3) is 0 Å². The van der Waals surface area contributed by atoms with Gasteiger partial charge in [-0.1, -0.05) is 39.0 Å². The minimum Gasteiger partial charge on any atom is -0.508 e. The smallest absolute Gasteiger partial charge is 0.412 e. The molecule has 3 rings (SSSR count). The lowest BCUT2D eigenvalue weighted by Gasteiger charge is -2.09. The Hall–Kier alpha value is -3.42. The molecule has 0 atom stereocenters. The lowest BCUT2D eigenvalue weighted by Crippen LogP contribution is -2.27. The molecule has 2 heterocycles. The third-order valence-electron chi connectivity index (χ3n) is 4.58. The van der Waals surface area contributed by atoms with Crippen LogP contribution in [0.1, 0.15) is 45.4 Å². The fourth-order valence-electron chi connectivity index (χ4n) is 3.06. The van der Waals surface area contributed by atoms with E-state index in [0.717, 1.165) is 12.8 Å². The number of phenols is 1. The van der Waals surface area contributed by atoms with Crippen molar-refractivity contribution < 1.29 is 19.1 Å². The normalized spacial score (nSPS) is 10.7. The van der Waals surface area contributed by atoms with Gasteiger partial charge in [-0.3, -0.25) is 4.98 Å². The molecule has 0 saturated heterocycles. The van der Waals surface area contributed by atoms with Crippen LogP contribution in [0.2, 0.25) is 0 Å². The molecule has 1 aromatic carbocycles. The molecule has 3 aromatic rings. The summed E-state index contributed by atoms with van der Waals surface area (Å²) in [6.07, 6.45) is 10.8. The quantitative estimate of drug-likeness (QED) is 0.455. The van der Waals surface area contributed by atoms with Gasteiger partial charge in [0.1, 0.15) is 11.5 Å². The van der Waals surface area contributed by atoms with Crippen LogP contribution >= 0.6 is 0 Å².